The number of halogens is 2. The minimum absolute atomic E-state index is 0.00661. The molecule has 0 spiro atoms. The summed E-state index contributed by atoms with van der Waals surface area (Å²) in [6, 6.07) is 4.72. The quantitative estimate of drug-likeness (QED) is 0.802. The molecule has 0 heterocycles. The first-order chi connectivity index (χ1) is 9.79. The molecule has 0 aliphatic carbocycles. The number of ether oxygens (including phenoxy) is 1. The smallest absolute Gasteiger partial charge is 0.124 e. The lowest BCUT2D eigenvalue weighted by Crippen LogP contribution is -2.49. The Morgan fingerprint density at radius 3 is 2.48 bits per heavy atom. The van der Waals surface area contributed by atoms with Crippen LogP contribution in [0.3, 0.4) is 0 Å². The van der Waals surface area contributed by atoms with Crippen LogP contribution in [0, 0.1) is 11.2 Å². The number of methoxy groups -OCH3 is 1. The number of nitrogens with one attached hydrogen (secondary N) is 1. The average molecular weight is 316 g/mol. The van der Waals surface area contributed by atoms with Gasteiger partial charge in [0.1, 0.15) is 5.82 Å². The molecule has 1 N–H and O–H groups in total. The third-order valence-electron chi connectivity index (χ3n) is 3.58. The fraction of sp³-hybridized carbons (Fsp3) is 0.647. The van der Waals surface area contributed by atoms with E-state index in [2.05, 4.69) is 33.0 Å². The third kappa shape index (κ3) is 5.57. The zero-order valence-corrected chi connectivity index (χ0v) is 14.4. The fourth-order valence-corrected chi connectivity index (χ4v) is 2.91. The van der Waals surface area contributed by atoms with Gasteiger partial charge in [-0.25, -0.2) is 4.39 Å². The molecule has 0 aliphatic heterocycles. The van der Waals surface area contributed by atoms with Crippen molar-refractivity contribution in [2.24, 2.45) is 5.41 Å². The van der Waals surface area contributed by atoms with Crippen molar-refractivity contribution in [3.8, 4) is 0 Å². The SMILES string of the molecule is CCCNC(Cc1ccc(F)cc1Cl)C(OC)C(C)(C)C. The molecule has 0 bridgehead atoms. The van der Waals surface area contributed by atoms with E-state index in [1.165, 1.54) is 12.1 Å². The van der Waals surface area contributed by atoms with Crippen LogP contribution in [0.4, 0.5) is 4.39 Å². The van der Waals surface area contributed by atoms with Gasteiger partial charge in [0.25, 0.3) is 0 Å². The number of rotatable bonds is 7. The highest BCUT2D eigenvalue weighted by Crippen LogP contribution is 2.28. The second kappa shape index (κ2) is 8.11. The largest absolute Gasteiger partial charge is 0.379 e. The zero-order valence-electron chi connectivity index (χ0n) is 13.7. The summed E-state index contributed by atoms with van der Waals surface area (Å²) in [7, 11) is 1.74. The topological polar surface area (TPSA) is 21.3 Å². The first kappa shape index (κ1) is 18.4. The average Bonchev–Trinajstić information content (AvgIpc) is 2.37. The molecule has 0 saturated heterocycles. The maximum Gasteiger partial charge on any atom is 0.124 e. The summed E-state index contributed by atoms with van der Waals surface area (Å²) in [4.78, 5) is 0. The van der Waals surface area contributed by atoms with Crippen LogP contribution in [0.25, 0.3) is 0 Å². The highest BCUT2D eigenvalue weighted by molar-refractivity contribution is 6.31. The summed E-state index contributed by atoms with van der Waals surface area (Å²) in [5, 5.41) is 4.01. The summed E-state index contributed by atoms with van der Waals surface area (Å²) >= 11 is 6.16. The molecule has 0 fully saturated rings. The van der Waals surface area contributed by atoms with E-state index in [1.807, 2.05) is 0 Å². The Bertz CT molecular complexity index is 445. The van der Waals surface area contributed by atoms with E-state index in [0.717, 1.165) is 24.9 Å². The van der Waals surface area contributed by atoms with E-state index in [-0.39, 0.29) is 23.4 Å². The zero-order chi connectivity index (χ0) is 16.0. The molecule has 0 amide bonds. The van der Waals surface area contributed by atoms with Gasteiger partial charge < -0.3 is 10.1 Å². The lowest BCUT2D eigenvalue weighted by atomic mass is 9.82. The van der Waals surface area contributed by atoms with Crippen molar-refractivity contribution in [3.05, 3.63) is 34.6 Å². The van der Waals surface area contributed by atoms with E-state index in [4.69, 9.17) is 16.3 Å². The standard InChI is InChI=1S/C17H27ClFNO/c1-6-9-20-15(16(21-5)17(2,3)4)10-12-7-8-13(19)11-14(12)18/h7-8,11,15-16,20H,6,9-10H2,1-5H3. The molecule has 1 aromatic carbocycles. The van der Waals surface area contributed by atoms with Gasteiger partial charge in [0.15, 0.2) is 0 Å². The molecule has 120 valence electrons. The second-order valence-corrected chi connectivity index (χ2v) is 6.93. The van der Waals surface area contributed by atoms with Crippen molar-refractivity contribution in [3.63, 3.8) is 0 Å². The van der Waals surface area contributed by atoms with E-state index < -0.39 is 0 Å². The Labute approximate surface area is 133 Å². The van der Waals surface area contributed by atoms with Crippen molar-refractivity contribution < 1.29 is 9.13 Å². The van der Waals surface area contributed by atoms with E-state index in [9.17, 15) is 4.39 Å². The van der Waals surface area contributed by atoms with Gasteiger partial charge in [0, 0.05) is 18.2 Å². The van der Waals surface area contributed by atoms with Gasteiger partial charge in [-0.15, -0.1) is 0 Å². The van der Waals surface area contributed by atoms with E-state index in [0.29, 0.717) is 5.02 Å². The monoisotopic (exact) mass is 315 g/mol. The Hall–Kier alpha value is -0.640. The molecular weight excluding hydrogens is 289 g/mol. The third-order valence-corrected chi connectivity index (χ3v) is 3.94. The minimum Gasteiger partial charge on any atom is -0.379 e. The molecule has 4 heteroatoms. The van der Waals surface area contributed by atoms with Gasteiger partial charge in [0.2, 0.25) is 0 Å². The van der Waals surface area contributed by atoms with Crippen LogP contribution in [-0.4, -0.2) is 25.8 Å². The lowest BCUT2D eigenvalue weighted by Gasteiger charge is -2.37. The Balaban J connectivity index is 2.96. The number of hydrogen-bond donors (Lipinski definition) is 1. The van der Waals surface area contributed by atoms with Gasteiger partial charge in [-0.05, 0) is 42.5 Å². The normalized spacial score (nSPS) is 15.0. The van der Waals surface area contributed by atoms with Crippen LogP contribution in [0.1, 0.15) is 39.7 Å². The Morgan fingerprint density at radius 2 is 2.00 bits per heavy atom. The van der Waals surface area contributed by atoms with Gasteiger partial charge in [-0.3, -0.25) is 0 Å². The van der Waals surface area contributed by atoms with Crippen LogP contribution in [0.2, 0.25) is 5.02 Å². The fourth-order valence-electron chi connectivity index (χ4n) is 2.66. The summed E-state index contributed by atoms with van der Waals surface area (Å²) in [5.74, 6) is -0.305. The van der Waals surface area contributed by atoms with Gasteiger partial charge in [-0.1, -0.05) is 45.4 Å². The molecule has 2 unspecified atom stereocenters. The number of hydrogen-bond acceptors (Lipinski definition) is 2. The predicted molar refractivity (Wildman–Crippen MR) is 87.4 cm³/mol. The van der Waals surface area contributed by atoms with Gasteiger partial charge >= 0.3 is 0 Å². The molecular formula is C17H27ClFNO. The van der Waals surface area contributed by atoms with E-state index >= 15 is 0 Å². The van der Waals surface area contributed by atoms with Crippen molar-refractivity contribution in [1.82, 2.24) is 5.32 Å². The van der Waals surface area contributed by atoms with Gasteiger partial charge in [0.05, 0.1) is 6.10 Å². The van der Waals surface area contributed by atoms with Crippen molar-refractivity contribution in [1.29, 1.82) is 0 Å². The maximum atomic E-state index is 13.2. The lowest BCUT2D eigenvalue weighted by molar-refractivity contribution is -0.0109. The molecule has 0 radical (unpaired) electrons. The van der Waals surface area contributed by atoms with Gasteiger partial charge in [-0.2, -0.15) is 0 Å². The van der Waals surface area contributed by atoms with Crippen LogP contribution in [0.5, 0.6) is 0 Å². The van der Waals surface area contributed by atoms with Crippen molar-refractivity contribution >= 4 is 11.6 Å². The van der Waals surface area contributed by atoms with Crippen LogP contribution >= 0.6 is 11.6 Å². The summed E-state index contributed by atoms with van der Waals surface area (Å²) < 4.78 is 18.9. The van der Waals surface area contributed by atoms with Crippen LogP contribution < -0.4 is 5.32 Å². The molecule has 1 rings (SSSR count). The minimum atomic E-state index is -0.305. The highest BCUT2D eigenvalue weighted by atomic mass is 35.5. The molecule has 2 atom stereocenters. The van der Waals surface area contributed by atoms with Crippen molar-refractivity contribution in [2.45, 2.75) is 52.7 Å². The molecule has 0 saturated carbocycles. The molecule has 0 aliphatic rings. The molecule has 2 nitrogen and oxygen atoms in total. The molecule has 0 aromatic heterocycles. The van der Waals surface area contributed by atoms with Crippen LogP contribution in [0.15, 0.2) is 18.2 Å². The highest BCUT2D eigenvalue weighted by Gasteiger charge is 2.32. The number of benzene rings is 1. The van der Waals surface area contributed by atoms with Crippen molar-refractivity contribution in [2.75, 3.05) is 13.7 Å². The predicted octanol–water partition coefficient (Wildman–Crippen LogP) is 4.45. The first-order valence-electron chi connectivity index (χ1n) is 7.49. The summed E-state index contributed by atoms with van der Waals surface area (Å²) in [5.41, 5.74) is 0.949. The molecule has 1 aromatic rings. The van der Waals surface area contributed by atoms with E-state index in [1.54, 1.807) is 13.2 Å². The molecule has 21 heavy (non-hydrogen) atoms. The maximum absolute atomic E-state index is 13.2. The first-order valence-corrected chi connectivity index (χ1v) is 7.87. The second-order valence-electron chi connectivity index (χ2n) is 6.52. The Morgan fingerprint density at radius 1 is 1.33 bits per heavy atom. The summed E-state index contributed by atoms with van der Waals surface area (Å²) in [6.45, 7) is 9.53. The summed E-state index contributed by atoms with van der Waals surface area (Å²) in [6.07, 6.45) is 1.81. The Kier molecular flexibility index (Phi) is 7.11. The van der Waals surface area contributed by atoms with Crippen LogP contribution in [-0.2, 0) is 11.2 Å².